The van der Waals surface area contributed by atoms with Gasteiger partial charge in [0.2, 0.25) is 0 Å². The number of hydrogen-bond acceptors (Lipinski definition) is 1. The molecular weight excluding hydrogens is 126 g/mol. The van der Waals surface area contributed by atoms with Gasteiger partial charge in [-0.25, -0.2) is 0 Å². The van der Waals surface area contributed by atoms with E-state index in [-0.39, 0.29) is 0 Å². The fourth-order valence-corrected chi connectivity index (χ4v) is 1.65. The van der Waals surface area contributed by atoms with E-state index < -0.39 is 0 Å². The Bertz CT molecular complexity index is 153. The third kappa shape index (κ3) is 1.09. The van der Waals surface area contributed by atoms with Gasteiger partial charge in [0, 0.05) is 5.92 Å². The van der Waals surface area contributed by atoms with Gasteiger partial charge in [0.25, 0.3) is 0 Å². The predicted molar refractivity (Wildman–Crippen MR) is 38.4 cm³/mol. The van der Waals surface area contributed by atoms with Crippen LogP contribution in [0.15, 0.2) is 11.6 Å². The van der Waals surface area contributed by atoms with Crippen LogP contribution in [0.5, 0.6) is 0 Å². The average molecular weight is 138 g/mol. The van der Waals surface area contributed by atoms with E-state index in [2.05, 4.69) is 11.6 Å². The molecule has 1 atom stereocenters. The van der Waals surface area contributed by atoms with E-state index in [1.807, 2.05) is 0 Å². The molecule has 1 fully saturated rings. The Hall–Kier alpha value is -0.340. The second-order valence-electron chi connectivity index (χ2n) is 2.99. The van der Waals surface area contributed by atoms with Crippen molar-refractivity contribution in [2.45, 2.75) is 19.3 Å². The van der Waals surface area contributed by atoms with Gasteiger partial charge in [-0.1, -0.05) is 17.1 Å². The van der Waals surface area contributed by atoms with Crippen molar-refractivity contribution >= 4 is 0 Å². The molecule has 0 N–H and O–H groups in total. The lowest BCUT2D eigenvalue weighted by Gasteiger charge is -2.27. The number of allylic oxidation sites excluding steroid dienone is 1. The molecule has 0 amide bonds. The maximum atomic E-state index is 5.02. The van der Waals surface area contributed by atoms with Crippen LogP contribution in [0.2, 0.25) is 0 Å². The minimum absolute atomic E-state index is 0.700. The quantitative estimate of drug-likeness (QED) is 0.462. The van der Waals surface area contributed by atoms with Crippen LogP contribution in [0.25, 0.3) is 0 Å². The maximum absolute atomic E-state index is 5.02. The fraction of sp³-hybridized carbons (Fsp3) is 0.750. The molecule has 1 saturated heterocycles. The van der Waals surface area contributed by atoms with Gasteiger partial charge < -0.3 is 0 Å². The predicted octanol–water partition coefficient (Wildman–Crippen LogP) is 1.26. The normalized spacial score (nSPS) is 32.8. The Morgan fingerprint density at radius 2 is 2.60 bits per heavy atom. The second-order valence-corrected chi connectivity index (χ2v) is 2.99. The summed E-state index contributed by atoms with van der Waals surface area (Å²) in [6.07, 6.45) is 6.22. The van der Waals surface area contributed by atoms with Gasteiger partial charge in [0.1, 0.15) is 0 Å². The van der Waals surface area contributed by atoms with Crippen molar-refractivity contribution in [2.24, 2.45) is 5.92 Å². The molecule has 1 unspecified atom stereocenters. The van der Waals surface area contributed by atoms with Crippen molar-refractivity contribution < 1.29 is 4.84 Å². The molecule has 0 aromatic heterocycles. The van der Waals surface area contributed by atoms with Crippen LogP contribution in [-0.4, -0.2) is 13.2 Å². The van der Waals surface area contributed by atoms with Crippen LogP contribution in [0.1, 0.15) is 19.3 Å². The van der Waals surface area contributed by atoms with Crippen LogP contribution in [0.3, 0.4) is 0 Å². The largest absolute Gasteiger partial charge is 0.281 e. The third-order valence-corrected chi connectivity index (χ3v) is 2.30. The lowest BCUT2D eigenvalue weighted by molar-refractivity contribution is -0.00625. The van der Waals surface area contributed by atoms with Crippen LogP contribution < -0.4 is 5.48 Å². The van der Waals surface area contributed by atoms with E-state index >= 15 is 0 Å². The van der Waals surface area contributed by atoms with Gasteiger partial charge in [-0.2, -0.15) is 0 Å². The number of rotatable bonds is 0. The van der Waals surface area contributed by atoms with E-state index in [0.29, 0.717) is 5.92 Å². The summed E-state index contributed by atoms with van der Waals surface area (Å²) in [6, 6.07) is 0. The Kier molecular flexibility index (Phi) is 1.74. The molecule has 2 aliphatic rings. The standard InChI is InChI=1S/C8H12NO/c1-2-4-8-6-10-9-5-7(8)3-1/h3,8H,1-2,4-6H2. The topological polar surface area (TPSA) is 23.3 Å². The minimum atomic E-state index is 0.700. The first-order chi connectivity index (χ1) is 4.97. The van der Waals surface area contributed by atoms with Gasteiger partial charge in [-0.05, 0) is 19.3 Å². The number of hydrogen-bond donors (Lipinski definition) is 0. The van der Waals surface area contributed by atoms with Crippen molar-refractivity contribution in [2.75, 3.05) is 13.2 Å². The summed E-state index contributed by atoms with van der Waals surface area (Å²) in [5.41, 5.74) is 5.40. The molecule has 0 aromatic carbocycles. The first kappa shape index (κ1) is 6.38. The molecule has 1 radical (unpaired) electrons. The zero-order chi connectivity index (χ0) is 6.81. The zero-order valence-electron chi connectivity index (χ0n) is 6.05. The second kappa shape index (κ2) is 2.72. The maximum Gasteiger partial charge on any atom is 0.0768 e. The van der Waals surface area contributed by atoms with Crippen molar-refractivity contribution in [3.63, 3.8) is 0 Å². The summed E-state index contributed by atoms with van der Waals surface area (Å²) in [7, 11) is 0. The van der Waals surface area contributed by atoms with Crippen molar-refractivity contribution in [3.8, 4) is 0 Å². The summed E-state index contributed by atoms with van der Waals surface area (Å²) >= 11 is 0. The first-order valence-corrected chi connectivity index (χ1v) is 3.94. The number of fused-ring (bicyclic) bond motifs is 1. The van der Waals surface area contributed by atoms with Crippen LogP contribution in [0.4, 0.5) is 0 Å². The zero-order valence-corrected chi connectivity index (χ0v) is 6.05. The molecule has 2 rings (SSSR count). The molecule has 0 aromatic rings. The molecule has 0 spiro atoms. The van der Waals surface area contributed by atoms with E-state index in [4.69, 9.17) is 4.84 Å². The van der Waals surface area contributed by atoms with Crippen LogP contribution >= 0.6 is 0 Å². The summed E-state index contributed by atoms with van der Waals surface area (Å²) in [6.45, 7) is 1.65. The minimum Gasteiger partial charge on any atom is -0.281 e. The highest BCUT2D eigenvalue weighted by molar-refractivity contribution is 5.12. The van der Waals surface area contributed by atoms with Crippen molar-refractivity contribution in [1.29, 1.82) is 0 Å². The molecule has 2 heteroatoms. The smallest absolute Gasteiger partial charge is 0.0768 e. The summed E-state index contributed by atoms with van der Waals surface area (Å²) in [5.74, 6) is 0.700. The Morgan fingerprint density at radius 1 is 1.60 bits per heavy atom. The highest BCUT2D eigenvalue weighted by atomic mass is 16.6. The van der Waals surface area contributed by atoms with E-state index in [9.17, 15) is 0 Å². The molecule has 55 valence electrons. The highest BCUT2D eigenvalue weighted by Crippen LogP contribution is 2.26. The molecular formula is C8H12NO. The van der Waals surface area contributed by atoms with Gasteiger partial charge in [-0.15, -0.1) is 0 Å². The molecule has 2 nitrogen and oxygen atoms in total. The van der Waals surface area contributed by atoms with Crippen molar-refractivity contribution in [3.05, 3.63) is 11.6 Å². The lowest BCUT2D eigenvalue weighted by atomic mass is 9.88. The van der Waals surface area contributed by atoms with Crippen molar-refractivity contribution in [1.82, 2.24) is 5.48 Å². The highest BCUT2D eigenvalue weighted by Gasteiger charge is 2.21. The van der Waals surface area contributed by atoms with E-state index in [0.717, 1.165) is 13.2 Å². The Labute approximate surface area is 61.2 Å². The molecule has 0 bridgehead atoms. The first-order valence-electron chi connectivity index (χ1n) is 3.94. The number of hydroxylamine groups is 1. The Balaban J connectivity index is 2.08. The molecule has 1 aliphatic carbocycles. The van der Waals surface area contributed by atoms with Gasteiger partial charge in [0.15, 0.2) is 0 Å². The van der Waals surface area contributed by atoms with Gasteiger partial charge >= 0.3 is 0 Å². The molecule has 1 heterocycles. The summed E-state index contributed by atoms with van der Waals surface area (Å²) < 4.78 is 0. The lowest BCUT2D eigenvalue weighted by Crippen LogP contribution is -2.29. The van der Waals surface area contributed by atoms with E-state index in [1.54, 1.807) is 0 Å². The Morgan fingerprint density at radius 3 is 3.50 bits per heavy atom. The van der Waals surface area contributed by atoms with Gasteiger partial charge in [0.05, 0.1) is 13.2 Å². The molecule has 1 aliphatic heterocycles. The van der Waals surface area contributed by atoms with Crippen LogP contribution in [-0.2, 0) is 4.84 Å². The molecule has 0 saturated carbocycles. The third-order valence-electron chi connectivity index (χ3n) is 2.30. The summed E-state index contributed by atoms with van der Waals surface area (Å²) in [4.78, 5) is 5.02. The SMILES string of the molecule is C1=C2C[N]OCC2CCC1. The fourth-order valence-electron chi connectivity index (χ4n) is 1.65. The van der Waals surface area contributed by atoms with Gasteiger partial charge in [-0.3, -0.25) is 4.84 Å². The summed E-state index contributed by atoms with van der Waals surface area (Å²) in [5, 5.41) is 0. The average Bonchev–Trinajstić information content (AvgIpc) is 2.05. The van der Waals surface area contributed by atoms with Crippen LogP contribution in [0, 0.1) is 5.92 Å². The molecule has 10 heavy (non-hydrogen) atoms. The van der Waals surface area contributed by atoms with E-state index in [1.165, 1.54) is 24.8 Å². The number of nitrogens with zero attached hydrogens (tertiary/aromatic N) is 1. The monoisotopic (exact) mass is 138 g/mol.